The molecule has 0 saturated carbocycles. The molecule has 2 nitrogen and oxygen atoms in total. The maximum atomic E-state index is 4.06. The highest BCUT2D eigenvalue weighted by Gasteiger charge is 1.97. The summed E-state index contributed by atoms with van der Waals surface area (Å²) in [7, 11) is 2.01. The second-order valence-corrected chi connectivity index (χ2v) is 3.32. The summed E-state index contributed by atoms with van der Waals surface area (Å²) in [4.78, 5) is 4.06. The van der Waals surface area contributed by atoms with E-state index in [0.717, 1.165) is 12.8 Å². The maximum Gasteiger partial charge on any atom is 0.0340 e. The summed E-state index contributed by atoms with van der Waals surface area (Å²) < 4.78 is 0. The number of pyridine rings is 1. The highest BCUT2D eigenvalue weighted by atomic mass is 14.9. The minimum atomic E-state index is 0.586. The van der Waals surface area contributed by atoms with Gasteiger partial charge in [-0.1, -0.05) is 25.1 Å². The molecule has 0 aliphatic rings. The molecule has 1 N–H and O–H groups in total. The molecule has 76 valence electrons. The summed E-state index contributed by atoms with van der Waals surface area (Å²) in [5.74, 6) is 0. The standard InChI is InChI=1S/C12H18N2/c1-3-12(13-2)8-4-6-11-7-5-9-14-10-11/h4-7,9-10,12-13H,3,8H2,1-2H3/b6-4-. The predicted molar refractivity (Wildman–Crippen MR) is 61.0 cm³/mol. The molecule has 1 atom stereocenters. The van der Waals surface area contributed by atoms with Crippen LogP contribution in [0.25, 0.3) is 6.08 Å². The number of hydrogen-bond donors (Lipinski definition) is 1. The Kier molecular flexibility index (Phi) is 4.94. The molecule has 14 heavy (non-hydrogen) atoms. The highest BCUT2D eigenvalue weighted by molar-refractivity contribution is 5.47. The third-order valence-electron chi connectivity index (χ3n) is 2.32. The Bertz CT molecular complexity index is 263. The Morgan fingerprint density at radius 2 is 2.43 bits per heavy atom. The number of nitrogens with one attached hydrogen (secondary N) is 1. The third-order valence-corrected chi connectivity index (χ3v) is 2.32. The maximum absolute atomic E-state index is 4.06. The van der Waals surface area contributed by atoms with Crippen LogP contribution in [0, 0.1) is 0 Å². The quantitative estimate of drug-likeness (QED) is 0.771. The van der Waals surface area contributed by atoms with Crippen molar-refractivity contribution in [2.75, 3.05) is 7.05 Å². The summed E-state index contributed by atoms with van der Waals surface area (Å²) in [6, 6.07) is 4.60. The summed E-state index contributed by atoms with van der Waals surface area (Å²) in [5.41, 5.74) is 1.17. The largest absolute Gasteiger partial charge is 0.317 e. The summed E-state index contributed by atoms with van der Waals surface area (Å²) in [5, 5.41) is 3.27. The van der Waals surface area contributed by atoms with Crippen LogP contribution < -0.4 is 5.32 Å². The van der Waals surface area contributed by atoms with Gasteiger partial charge >= 0.3 is 0 Å². The number of aromatic nitrogens is 1. The van der Waals surface area contributed by atoms with Crippen LogP contribution in [-0.2, 0) is 0 Å². The molecule has 1 aromatic heterocycles. The van der Waals surface area contributed by atoms with Gasteiger partial charge < -0.3 is 5.32 Å². The van der Waals surface area contributed by atoms with Gasteiger partial charge in [0.1, 0.15) is 0 Å². The van der Waals surface area contributed by atoms with E-state index in [1.54, 1.807) is 6.20 Å². The van der Waals surface area contributed by atoms with Crippen molar-refractivity contribution in [1.82, 2.24) is 10.3 Å². The Balaban J connectivity index is 2.41. The molecule has 0 radical (unpaired) electrons. The van der Waals surface area contributed by atoms with Crippen molar-refractivity contribution in [3.8, 4) is 0 Å². The molecule has 1 rings (SSSR count). The van der Waals surface area contributed by atoms with Crippen LogP contribution in [0.1, 0.15) is 25.3 Å². The van der Waals surface area contributed by atoms with E-state index in [9.17, 15) is 0 Å². The van der Waals surface area contributed by atoms with Crippen molar-refractivity contribution < 1.29 is 0 Å². The lowest BCUT2D eigenvalue weighted by molar-refractivity contribution is 0.553. The fraction of sp³-hybridized carbons (Fsp3) is 0.417. The van der Waals surface area contributed by atoms with Crippen molar-refractivity contribution in [2.45, 2.75) is 25.8 Å². The molecule has 0 saturated heterocycles. The molecule has 0 fully saturated rings. The van der Waals surface area contributed by atoms with Crippen molar-refractivity contribution in [3.05, 3.63) is 36.2 Å². The fourth-order valence-corrected chi connectivity index (χ4v) is 1.33. The van der Waals surface area contributed by atoms with Gasteiger partial charge in [-0.25, -0.2) is 0 Å². The molecule has 1 heterocycles. The first-order chi connectivity index (χ1) is 6.86. The molecule has 0 aromatic carbocycles. The average Bonchev–Trinajstić information content (AvgIpc) is 2.26. The first-order valence-electron chi connectivity index (χ1n) is 5.10. The predicted octanol–water partition coefficient (Wildman–Crippen LogP) is 2.48. The monoisotopic (exact) mass is 190 g/mol. The van der Waals surface area contributed by atoms with Crippen LogP contribution in [0.15, 0.2) is 30.6 Å². The van der Waals surface area contributed by atoms with Crippen LogP contribution in [-0.4, -0.2) is 18.1 Å². The van der Waals surface area contributed by atoms with Crippen LogP contribution >= 0.6 is 0 Å². The van der Waals surface area contributed by atoms with Gasteiger partial charge in [0, 0.05) is 18.4 Å². The smallest absolute Gasteiger partial charge is 0.0340 e. The normalized spacial score (nSPS) is 13.3. The van der Waals surface area contributed by atoms with Crippen molar-refractivity contribution >= 4 is 6.08 Å². The molecule has 0 amide bonds. The van der Waals surface area contributed by atoms with Crippen LogP contribution in [0.4, 0.5) is 0 Å². The Morgan fingerprint density at radius 3 is 3.00 bits per heavy atom. The van der Waals surface area contributed by atoms with Gasteiger partial charge in [-0.15, -0.1) is 0 Å². The topological polar surface area (TPSA) is 24.9 Å². The first-order valence-corrected chi connectivity index (χ1v) is 5.10. The molecule has 0 aliphatic carbocycles. The zero-order valence-corrected chi connectivity index (χ0v) is 8.90. The molecular formula is C12H18N2. The first kappa shape index (κ1) is 10.9. The van der Waals surface area contributed by atoms with Crippen LogP contribution in [0.2, 0.25) is 0 Å². The molecule has 1 unspecified atom stereocenters. The lowest BCUT2D eigenvalue weighted by Gasteiger charge is -2.09. The zero-order valence-electron chi connectivity index (χ0n) is 8.90. The van der Waals surface area contributed by atoms with Gasteiger partial charge in [0.25, 0.3) is 0 Å². The molecule has 0 bridgehead atoms. The highest BCUT2D eigenvalue weighted by Crippen LogP contribution is 2.03. The molecule has 0 aliphatic heterocycles. The number of rotatable bonds is 5. The molecular weight excluding hydrogens is 172 g/mol. The fourth-order valence-electron chi connectivity index (χ4n) is 1.33. The second kappa shape index (κ2) is 6.33. The zero-order chi connectivity index (χ0) is 10.2. The van der Waals surface area contributed by atoms with Gasteiger partial charge in [0.2, 0.25) is 0 Å². The number of nitrogens with zero attached hydrogens (tertiary/aromatic N) is 1. The third kappa shape index (κ3) is 3.71. The molecule has 0 spiro atoms. The lowest BCUT2D eigenvalue weighted by atomic mass is 10.1. The van der Waals surface area contributed by atoms with E-state index < -0.39 is 0 Å². The summed E-state index contributed by atoms with van der Waals surface area (Å²) in [6.07, 6.45) is 10.2. The van der Waals surface area contributed by atoms with Crippen molar-refractivity contribution in [2.24, 2.45) is 0 Å². The van der Waals surface area contributed by atoms with Crippen molar-refractivity contribution in [1.29, 1.82) is 0 Å². The van der Waals surface area contributed by atoms with E-state index in [0.29, 0.717) is 6.04 Å². The second-order valence-electron chi connectivity index (χ2n) is 3.32. The van der Waals surface area contributed by atoms with Gasteiger partial charge in [-0.05, 0) is 31.5 Å². The lowest BCUT2D eigenvalue weighted by Crippen LogP contribution is -2.22. The van der Waals surface area contributed by atoms with E-state index in [1.165, 1.54) is 5.56 Å². The van der Waals surface area contributed by atoms with Crippen LogP contribution in [0.5, 0.6) is 0 Å². The summed E-state index contributed by atoms with van der Waals surface area (Å²) in [6.45, 7) is 2.19. The minimum Gasteiger partial charge on any atom is -0.317 e. The average molecular weight is 190 g/mol. The van der Waals surface area contributed by atoms with Gasteiger partial charge in [0.15, 0.2) is 0 Å². The minimum absolute atomic E-state index is 0.586. The Labute approximate surface area is 86.1 Å². The SMILES string of the molecule is CCC(C/C=C\c1cccnc1)NC. The van der Waals surface area contributed by atoms with E-state index in [4.69, 9.17) is 0 Å². The van der Waals surface area contributed by atoms with E-state index in [1.807, 2.05) is 19.3 Å². The Hall–Kier alpha value is -1.15. The van der Waals surface area contributed by atoms with Gasteiger partial charge in [-0.3, -0.25) is 4.98 Å². The summed E-state index contributed by atoms with van der Waals surface area (Å²) >= 11 is 0. The van der Waals surface area contributed by atoms with Gasteiger partial charge in [-0.2, -0.15) is 0 Å². The number of hydrogen-bond acceptors (Lipinski definition) is 2. The molecule has 2 heteroatoms. The van der Waals surface area contributed by atoms with E-state index in [-0.39, 0.29) is 0 Å². The van der Waals surface area contributed by atoms with E-state index >= 15 is 0 Å². The van der Waals surface area contributed by atoms with E-state index in [2.05, 4.69) is 35.4 Å². The molecule has 1 aromatic rings. The van der Waals surface area contributed by atoms with Crippen LogP contribution in [0.3, 0.4) is 0 Å². The van der Waals surface area contributed by atoms with Crippen molar-refractivity contribution in [3.63, 3.8) is 0 Å². The Morgan fingerprint density at radius 1 is 1.57 bits per heavy atom. The van der Waals surface area contributed by atoms with Gasteiger partial charge in [0.05, 0.1) is 0 Å².